The molecule has 0 atom stereocenters. The maximum atomic E-state index is 12.7. The van der Waals surface area contributed by atoms with Crippen molar-refractivity contribution >= 4 is 26.0 Å². The van der Waals surface area contributed by atoms with Gasteiger partial charge in [-0.25, -0.2) is 17.9 Å². The largest absolute Gasteiger partial charge is 0.238 e. The highest BCUT2D eigenvalue weighted by molar-refractivity contribution is 9.08. The van der Waals surface area contributed by atoms with Gasteiger partial charge in [0, 0.05) is 5.33 Å². The van der Waals surface area contributed by atoms with Crippen molar-refractivity contribution in [1.29, 1.82) is 0 Å². The van der Waals surface area contributed by atoms with Crippen LogP contribution in [-0.4, -0.2) is 8.42 Å². The minimum Gasteiger partial charge on any atom is -0.225 e. The number of rotatable bonds is 2. The van der Waals surface area contributed by atoms with Crippen molar-refractivity contribution in [2.75, 3.05) is 0 Å². The Morgan fingerprint density at radius 1 is 1.46 bits per heavy atom. The summed E-state index contributed by atoms with van der Waals surface area (Å²) < 4.78 is 34.6. The average molecular weight is 268 g/mol. The lowest BCUT2D eigenvalue weighted by molar-refractivity contribution is 0.591. The van der Waals surface area contributed by atoms with Gasteiger partial charge >= 0.3 is 0 Å². The molecule has 0 aliphatic carbocycles. The molecule has 3 nitrogen and oxygen atoms in total. The number of halogens is 2. The summed E-state index contributed by atoms with van der Waals surface area (Å²) in [5, 5.41) is 5.21. The molecule has 1 aromatic rings. The Balaban J connectivity index is 3.41. The molecule has 13 heavy (non-hydrogen) atoms. The molecule has 0 spiro atoms. The minimum atomic E-state index is -3.84. The predicted octanol–water partition coefficient (Wildman–Crippen LogP) is 1.37. The zero-order valence-corrected chi connectivity index (χ0v) is 8.90. The van der Waals surface area contributed by atoms with Crippen LogP contribution in [0.25, 0.3) is 0 Å². The van der Waals surface area contributed by atoms with Crippen LogP contribution in [0.15, 0.2) is 23.1 Å². The summed E-state index contributed by atoms with van der Waals surface area (Å²) in [5.41, 5.74) is 0.448. The summed E-state index contributed by atoms with van der Waals surface area (Å²) in [7, 11) is -3.84. The molecule has 0 fully saturated rings. The van der Waals surface area contributed by atoms with Crippen LogP contribution in [0.4, 0.5) is 4.39 Å². The van der Waals surface area contributed by atoms with Gasteiger partial charge in [0.1, 0.15) is 5.82 Å². The fourth-order valence-electron chi connectivity index (χ4n) is 0.904. The molecule has 0 amide bonds. The average Bonchev–Trinajstić information content (AvgIpc) is 2.03. The molecule has 0 aliphatic heterocycles. The van der Waals surface area contributed by atoms with Crippen LogP contribution in [0.5, 0.6) is 0 Å². The maximum Gasteiger partial charge on any atom is 0.238 e. The predicted molar refractivity (Wildman–Crippen MR) is 50.4 cm³/mol. The van der Waals surface area contributed by atoms with Gasteiger partial charge in [-0.3, -0.25) is 0 Å². The smallest absolute Gasteiger partial charge is 0.225 e. The monoisotopic (exact) mass is 267 g/mol. The molecule has 0 heterocycles. The van der Waals surface area contributed by atoms with Gasteiger partial charge in [0.2, 0.25) is 10.0 Å². The van der Waals surface area contributed by atoms with Crippen molar-refractivity contribution in [3.63, 3.8) is 0 Å². The van der Waals surface area contributed by atoms with Gasteiger partial charge in [-0.1, -0.05) is 22.0 Å². The van der Waals surface area contributed by atoms with E-state index in [2.05, 4.69) is 15.9 Å². The van der Waals surface area contributed by atoms with Gasteiger partial charge in [-0.2, -0.15) is 0 Å². The molecule has 0 radical (unpaired) electrons. The molecule has 0 bridgehead atoms. The van der Waals surface area contributed by atoms with E-state index < -0.39 is 15.8 Å². The Hall–Kier alpha value is -0.460. The van der Waals surface area contributed by atoms with E-state index in [-0.39, 0.29) is 4.90 Å². The first-order valence-corrected chi connectivity index (χ1v) is 5.99. The Labute approximate surface area is 83.9 Å². The zero-order valence-electron chi connectivity index (χ0n) is 6.50. The van der Waals surface area contributed by atoms with Crippen LogP contribution in [0.2, 0.25) is 0 Å². The summed E-state index contributed by atoms with van der Waals surface area (Å²) in [6.45, 7) is 0. The van der Waals surface area contributed by atoms with Crippen LogP contribution in [0, 0.1) is 5.82 Å². The third kappa shape index (κ3) is 2.49. The Morgan fingerprint density at radius 2 is 2.08 bits per heavy atom. The Bertz CT molecular complexity index is 419. The quantitative estimate of drug-likeness (QED) is 0.823. The molecular formula is C7H7BrFNO2S. The number of hydrogen-bond donors (Lipinski definition) is 1. The topological polar surface area (TPSA) is 60.2 Å². The van der Waals surface area contributed by atoms with Crippen molar-refractivity contribution in [1.82, 2.24) is 0 Å². The summed E-state index contributed by atoms with van der Waals surface area (Å²) >= 11 is 3.08. The second-order valence-corrected chi connectivity index (χ2v) is 4.52. The van der Waals surface area contributed by atoms with E-state index >= 15 is 0 Å². The lowest BCUT2D eigenvalue weighted by Crippen LogP contribution is -2.14. The van der Waals surface area contributed by atoms with E-state index in [1.54, 1.807) is 0 Å². The number of hydrogen-bond acceptors (Lipinski definition) is 2. The summed E-state index contributed by atoms with van der Waals surface area (Å²) in [5.74, 6) is -0.617. The second-order valence-electron chi connectivity index (χ2n) is 2.43. The molecule has 0 aromatic heterocycles. The highest BCUT2D eigenvalue weighted by atomic mass is 79.9. The van der Waals surface area contributed by atoms with Crippen molar-refractivity contribution < 1.29 is 12.8 Å². The molecule has 72 valence electrons. The summed E-state index contributed by atoms with van der Waals surface area (Å²) in [6, 6.07) is 3.47. The van der Waals surface area contributed by atoms with Crippen molar-refractivity contribution in [2.45, 2.75) is 10.2 Å². The van der Waals surface area contributed by atoms with Gasteiger partial charge in [-0.15, -0.1) is 0 Å². The van der Waals surface area contributed by atoms with Gasteiger partial charge in [0.05, 0.1) is 4.90 Å². The fraction of sp³-hybridized carbons (Fsp3) is 0.143. The second kappa shape index (κ2) is 3.73. The van der Waals surface area contributed by atoms with Crippen LogP contribution in [0.1, 0.15) is 5.56 Å². The van der Waals surface area contributed by atoms with Crippen LogP contribution in [0.3, 0.4) is 0 Å². The Kier molecular flexibility index (Phi) is 3.05. The van der Waals surface area contributed by atoms with Crippen molar-refractivity contribution in [2.24, 2.45) is 5.14 Å². The minimum absolute atomic E-state index is 0.177. The van der Waals surface area contributed by atoms with Crippen LogP contribution in [-0.2, 0) is 15.4 Å². The molecule has 0 unspecified atom stereocenters. The molecular weight excluding hydrogens is 261 g/mol. The van der Waals surface area contributed by atoms with Gasteiger partial charge in [0.25, 0.3) is 0 Å². The Morgan fingerprint density at radius 3 is 2.54 bits per heavy atom. The molecule has 0 aliphatic rings. The maximum absolute atomic E-state index is 12.7. The van der Waals surface area contributed by atoms with Crippen molar-refractivity contribution in [3.05, 3.63) is 29.6 Å². The number of nitrogens with two attached hydrogens (primary N) is 1. The number of alkyl halides is 1. The summed E-state index contributed by atoms with van der Waals surface area (Å²) in [6.07, 6.45) is 0. The lowest BCUT2D eigenvalue weighted by atomic mass is 10.2. The first-order valence-electron chi connectivity index (χ1n) is 3.32. The highest BCUT2D eigenvalue weighted by Crippen LogP contribution is 2.18. The van der Waals surface area contributed by atoms with E-state index in [0.717, 1.165) is 6.07 Å². The first kappa shape index (κ1) is 10.6. The molecule has 0 saturated heterocycles. The first-order chi connectivity index (χ1) is 5.95. The summed E-state index contributed by atoms with van der Waals surface area (Å²) in [4.78, 5) is -0.177. The van der Waals surface area contributed by atoms with E-state index in [0.29, 0.717) is 10.9 Å². The third-order valence-electron chi connectivity index (χ3n) is 1.48. The van der Waals surface area contributed by atoms with Crippen LogP contribution < -0.4 is 5.14 Å². The number of sulfonamides is 1. The molecule has 1 aromatic carbocycles. The van der Waals surface area contributed by atoms with E-state index in [4.69, 9.17) is 5.14 Å². The standard InChI is InChI=1S/C7H7BrFNO2S/c8-4-5-1-2-6(9)3-7(5)13(10,11)12/h1-3H,4H2,(H2,10,11,12). The highest BCUT2D eigenvalue weighted by Gasteiger charge is 2.13. The van der Waals surface area contributed by atoms with E-state index in [1.807, 2.05) is 0 Å². The SMILES string of the molecule is NS(=O)(=O)c1cc(F)ccc1CBr. The normalized spacial score (nSPS) is 11.6. The van der Waals surface area contributed by atoms with E-state index in [9.17, 15) is 12.8 Å². The molecule has 6 heteroatoms. The van der Waals surface area contributed by atoms with Crippen LogP contribution >= 0.6 is 15.9 Å². The fourth-order valence-corrected chi connectivity index (χ4v) is 2.36. The van der Waals surface area contributed by atoms with Gasteiger partial charge in [-0.05, 0) is 17.7 Å². The molecule has 0 saturated carbocycles. The molecule has 1 rings (SSSR count). The number of primary sulfonamides is 1. The molecule has 2 N–H and O–H groups in total. The van der Waals surface area contributed by atoms with Crippen molar-refractivity contribution in [3.8, 4) is 0 Å². The number of benzene rings is 1. The third-order valence-corrected chi connectivity index (χ3v) is 3.08. The van der Waals surface area contributed by atoms with Gasteiger partial charge in [0.15, 0.2) is 0 Å². The zero-order chi connectivity index (χ0) is 10.1. The van der Waals surface area contributed by atoms with E-state index in [1.165, 1.54) is 12.1 Å². The van der Waals surface area contributed by atoms with Gasteiger partial charge < -0.3 is 0 Å². The lowest BCUT2D eigenvalue weighted by Gasteiger charge is -2.03.